The van der Waals surface area contributed by atoms with E-state index in [9.17, 15) is 0 Å². The van der Waals surface area contributed by atoms with Gasteiger partial charge in [-0.15, -0.1) is 0 Å². The summed E-state index contributed by atoms with van der Waals surface area (Å²) in [5.74, 6) is 0.690. The van der Waals surface area contributed by atoms with Gasteiger partial charge in [0.05, 0.1) is 12.3 Å². The van der Waals surface area contributed by atoms with Crippen LogP contribution in [0.25, 0.3) is 0 Å². The SMILES string of the molecule is CCn1nc(C)c(N)c1OCCCc1ccncc1. The van der Waals surface area contributed by atoms with Crippen molar-refractivity contribution in [3.8, 4) is 5.88 Å². The Hall–Kier alpha value is -2.04. The minimum absolute atomic E-state index is 0.637. The fourth-order valence-electron chi connectivity index (χ4n) is 1.94. The van der Waals surface area contributed by atoms with Crippen LogP contribution < -0.4 is 10.5 Å². The number of hydrogen-bond donors (Lipinski definition) is 1. The smallest absolute Gasteiger partial charge is 0.236 e. The summed E-state index contributed by atoms with van der Waals surface area (Å²) < 4.78 is 7.56. The maximum Gasteiger partial charge on any atom is 0.236 e. The molecule has 0 fully saturated rings. The number of nitrogen functional groups attached to an aromatic ring is 1. The molecule has 0 saturated heterocycles. The predicted molar refractivity (Wildman–Crippen MR) is 75.1 cm³/mol. The van der Waals surface area contributed by atoms with Gasteiger partial charge in [-0.25, -0.2) is 4.68 Å². The Morgan fingerprint density at radius 2 is 2.05 bits per heavy atom. The zero-order valence-corrected chi connectivity index (χ0v) is 11.5. The van der Waals surface area contributed by atoms with E-state index in [-0.39, 0.29) is 0 Å². The second kappa shape index (κ2) is 6.22. The lowest BCUT2D eigenvalue weighted by Gasteiger charge is -2.08. The molecule has 0 bridgehead atoms. The van der Waals surface area contributed by atoms with Gasteiger partial charge in [0.1, 0.15) is 5.69 Å². The maximum absolute atomic E-state index is 5.96. The minimum atomic E-state index is 0.637. The number of hydrogen-bond acceptors (Lipinski definition) is 4. The average molecular weight is 260 g/mol. The Morgan fingerprint density at radius 3 is 2.74 bits per heavy atom. The van der Waals surface area contributed by atoms with Crippen molar-refractivity contribution in [1.29, 1.82) is 0 Å². The third-order valence-corrected chi connectivity index (χ3v) is 3.02. The summed E-state index contributed by atoms with van der Waals surface area (Å²) in [6.45, 7) is 5.32. The molecule has 0 aliphatic rings. The number of ether oxygens (including phenoxy) is 1. The highest BCUT2D eigenvalue weighted by molar-refractivity contribution is 5.52. The first-order chi connectivity index (χ1) is 9.22. The fourth-order valence-corrected chi connectivity index (χ4v) is 1.94. The van der Waals surface area contributed by atoms with Crippen molar-refractivity contribution >= 4 is 5.69 Å². The second-order valence-electron chi connectivity index (χ2n) is 4.43. The second-order valence-corrected chi connectivity index (χ2v) is 4.43. The van der Waals surface area contributed by atoms with Gasteiger partial charge in [0.15, 0.2) is 0 Å². The molecule has 0 aliphatic heterocycles. The van der Waals surface area contributed by atoms with E-state index in [2.05, 4.69) is 10.1 Å². The largest absolute Gasteiger partial charge is 0.476 e. The summed E-state index contributed by atoms with van der Waals surface area (Å²) in [5, 5.41) is 4.32. The van der Waals surface area contributed by atoms with E-state index in [1.807, 2.05) is 38.4 Å². The highest BCUT2D eigenvalue weighted by Gasteiger charge is 2.12. The lowest BCUT2D eigenvalue weighted by Crippen LogP contribution is -2.06. The molecule has 2 N–H and O–H groups in total. The van der Waals surface area contributed by atoms with Gasteiger partial charge in [0.2, 0.25) is 5.88 Å². The Balaban J connectivity index is 1.86. The fraction of sp³-hybridized carbons (Fsp3) is 0.429. The molecule has 0 spiro atoms. The van der Waals surface area contributed by atoms with Crippen LogP contribution in [0.5, 0.6) is 5.88 Å². The Morgan fingerprint density at radius 1 is 1.32 bits per heavy atom. The third-order valence-electron chi connectivity index (χ3n) is 3.02. The summed E-state index contributed by atoms with van der Waals surface area (Å²) in [4.78, 5) is 4.00. The first-order valence-electron chi connectivity index (χ1n) is 6.57. The zero-order chi connectivity index (χ0) is 13.7. The van der Waals surface area contributed by atoms with Crippen molar-refractivity contribution in [2.45, 2.75) is 33.2 Å². The predicted octanol–water partition coefficient (Wildman–Crippen LogP) is 2.20. The molecule has 0 aromatic carbocycles. The Bertz CT molecular complexity index is 522. The molecule has 19 heavy (non-hydrogen) atoms. The average Bonchev–Trinajstić information content (AvgIpc) is 2.72. The molecule has 5 heteroatoms. The van der Waals surface area contributed by atoms with E-state index in [1.54, 1.807) is 4.68 Å². The van der Waals surface area contributed by atoms with E-state index in [0.29, 0.717) is 18.2 Å². The lowest BCUT2D eigenvalue weighted by molar-refractivity contribution is 0.281. The van der Waals surface area contributed by atoms with E-state index in [0.717, 1.165) is 25.1 Å². The first-order valence-corrected chi connectivity index (χ1v) is 6.57. The van der Waals surface area contributed by atoms with E-state index >= 15 is 0 Å². The van der Waals surface area contributed by atoms with Crippen LogP contribution in [-0.4, -0.2) is 21.4 Å². The van der Waals surface area contributed by atoms with Crippen molar-refractivity contribution in [3.05, 3.63) is 35.8 Å². The lowest BCUT2D eigenvalue weighted by atomic mass is 10.1. The van der Waals surface area contributed by atoms with Gasteiger partial charge < -0.3 is 10.5 Å². The summed E-state index contributed by atoms with van der Waals surface area (Å²) in [5.41, 5.74) is 8.70. The van der Waals surface area contributed by atoms with Crippen LogP contribution in [0.1, 0.15) is 24.6 Å². The summed E-state index contributed by atoms with van der Waals surface area (Å²) in [6, 6.07) is 4.05. The molecule has 0 amide bonds. The van der Waals surface area contributed by atoms with Crippen LogP contribution in [0.15, 0.2) is 24.5 Å². The van der Waals surface area contributed by atoms with Gasteiger partial charge in [0.25, 0.3) is 0 Å². The van der Waals surface area contributed by atoms with E-state index in [1.165, 1.54) is 5.56 Å². The molecule has 0 atom stereocenters. The van der Waals surface area contributed by atoms with Crippen molar-refractivity contribution in [2.24, 2.45) is 0 Å². The molecule has 102 valence electrons. The molecule has 2 rings (SSSR count). The summed E-state index contributed by atoms with van der Waals surface area (Å²) >= 11 is 0. The van der Waals surface area contributed by atoms with Crippen molar-refractivity contribution in [1.82, 2.24) is 14.8 Å². The van der Waals surface area contributed by atoms with Crippen LogP contribution in [-0.2, 0) is 13.0 Å². The Kier molecular flexibility index (Phi) is 4.39. The number of aromatic nitrogens is 3. The molecule has 0 aliphatic carbocycles. The summed E-state index contributed by atoms with van der Waals surface area (Å²) in [7, 11) is 0. The standard InChI is InChI=1S/C14H20N4O/c1-3-18-14(13(15)11(2)17-18)19-10-4-5-12-6-8-16-9-7-12/h6-9H,3-5,10,15H2,1-2H3. The molecule has 0 saturated carbocycles. The molecule has 0 unspecified atom stereocenters. The van der Waals surface area contributed by atoms with Crippen molar-refractivity contribution in [3.63, 3.8) is 0 Å². The number of nitrogens with two attached hydrogens (primary N) is 1. The number of nitrogens with zero attached hydrogens (tertiary/aromatic N) is 3. The van der Waals surface area contributed by atoms with Gasteiger partial charge >= 0.3 is 0 Å². The molecular weight excluding hydrogens is 240 g/mol. The topological polar surface area (TPSA) is 66.0 Å². The van der Waals surface area contributed by atoms with Crippen LogP contribution in [0.3, 0.4) is 0 Å². The third kappa shape index (κ3) is 3.24. The molecule has 5 nitrogen and oxygen atoms in total. The summed E-state index contributed by atoms with van der Waals surface area (Å²) in [6.07, 6.45) is 5.53. The normalized spacial score (nSPS) is 10.6. The van der Waals surface area contributed by atoms with Gasteiger partial charge in [-0.3, -0.25) is 4.98 Å². The van der Waals surface area contributed by atoms with Gasteiger partial charge in [-0.2, -0.15) is 5.10 Å². The van der Waals surface area contributed by atoms with Crippen molar-refractivity contribution < 1.29 is 4.74 Å². The number of aryl methyl sites for hydroxylation is 3. The van der Waals surface area contributed by atoms with Crippen LogP contribution in [0, 0.1) is 6.92 Å². The van der Waals surface area contributed by atoms with Crippen molar-refractivity contribution in [2.75, 3.05) is 12.3 Å². The van der Waals surface area contributed by atoms with Gasteiger partial charge in [-0.05, 0) is 44.4 Å². The van der Waals surface area contributed by atoms with Crippen LogP contribution in [0.2, 0.25) is 0 Å². The molecule has 2 heterocycles. The van der Waals surface area contributed by atoms with Gasteiger partial charge in [-0.1, -0.05) is 0 Å². The van der Waals surface area contributed by atoms with E-state index < -0.39 is 0 Å². The van der Waals surface area contributed by atoms with E-state index in [4.69, 9.17) is 10.5 Å². The minimum Gasteiger partial charge on any atom is -0.476 e. The molecular formula is C14H20N4O. The molecule has 0 radical (unpaired) electrons. The number of pyridine rings is 1. The Labute approximate surface area is 113 Å². The first kappa shape index (κ1) is 13.4. The zero-order valence-electron chi connectivity index (χ0n) is 11.5. The molecule has 2 aromatic heterocycles. The van der Waals surface area contributed by atoms with Crippen LogP contribution in [0.4, 0.5) is 5.69 Å². The highest BCUT2D eigenvalue weighted by atomic mass is 16.5. The quantitative estimate of drug-likeness (QED) is 0.809. The maximum atomic E-state index is 5.96. The number of anilines is 1. The molecule has 2 aromatic rings. The van der Waals surface area contributed by atoms with Gasteiger partial charge in [0, 0.05) is 18.9 Å². The monoisotopic (exact) mass is 260 g/mol. The van der Waals surface area contributed by atoms with Crippen LogP contribution >= 0.6 is 0 Å². The highest BCUT2D eigenvalue weighted by Crippen LogP contribution is 2.24. The number of rotatable bonds is 6.